The van der Waals surface area contributed by atoms with Gasteiger partial charge < -0.3 is 40.1 Å². The number of carbonyl (C=O) groups excluding carboxylic acids is 4. The lowest BCUT2D eigenvalue weighted by molar-refractivity contribution is -0.132. The van der Waals surface area contributed by atoms with Gasteiger partial charge >= 0.3 is 12.1 Å². The van der Waals surface area contributed by atoms with Gasteiger partial charge in [0.05, 0.1) is 45.2 Å². The molecule has 0 radical (unpaired) electrons. The smallest absolute Gasteiger partial charge is 0.407 e. The van der Waals surface area contributed by atoms with E-state index in [0.29, 0.717) is 31.0 Å². The molecule has 0 spiro atoms. The monoisotopic (exact) mass is 817 g/mol. The Morgan fingerprint density at radius 2 is 1.61 bits per heavy atom. The molecule has 59 heavy (non-hydrogen) atoms. The first kappa shape index (κ1) is 46.4. The highest BCUT2D eigenvalue weighted by Crippen LogP contribution is 2.24. The van der Waals surface area contributed by atoms with E-state index in [1.807, 2.05) is 102 Å². The summed E-state index contributed by atoms with van der Waals surface area (Å²) in [5.74, 6) is -0.631. The Bertz CT molecular complexity index is 1820. The van der Waals surface area contributed by atoms with E-state index in [-0.39, 0.29) is 50.5 Å². The topological polar surface area (TPSA) is 186 Å². The van der Waals surface area contributed by atoms with Crippen molar-refractivity contribution in [3.63, 3.8) is 0 Å². The fraction of sp³-hybridized carbons (Fsp3) is 0.523. The van der Waals surface area contributed by atoms with Gasteiger partial charge in [0.25, 0.3) is 5.91 Å². The second kappa shape index (κ2) is 21.7. The van der Waals surface area contributed by atoms with Crippen molar-refractivity contribution in [2.75, 3.05) is 40.5 Å². The molecule has 5 N–H and O–H groups in total. The molecule has 0 bridgehead atoms. The van der Waals surface area contributed by atoms with E-state index in [9.17, 15) is 29.4 Å². The minimum absolute atomic E-state index is 0.0416. The van der Waals surface area contributed by atoms with Crippen LogP contribution in [0.15, 0.2) is 72.8 Å². The summed E-state index contributed by atoms with van der Waals surface area (Å²) in [6, 6.07) is 19.4. The van der Waals surface area contributed by atoms with Crippen LogP contribution in [-0.4, -0.2) is 119 Å². The van der Waals surface area contributed by atoms with Gasteiger partial charge in [0, 0.05) is 37.8 Å². The number of amides is 5. The highest BCUT2D eigenvalue weighted by atomic mass is 16.5. The van der Waals surface area contributed by atoms with E-state index in [1.54, 1.807) is 34.1 Å². The number of hydrazine groups is 1. The molecular formula is C44H63N7O8. The SMILES string of the molecule is CCC(C)C(C(=O)NC(Cc1ccccc1)C(O)CN(Cc1ccc(OC)cc1)NC(=O)C(NC(=O)OC)C(C)(C)C)N1CCN(Cc2cccc(C(C)CO)n2)C1=O. The molecule has 1 aliphatic rings. The molecule has 6 unspecified atom stereocenters. The van der Waals surface area contributed by atoms with Crippen LogP contribution >= 0.6 is 0 Å². The number of aromatic nitrogens is 1. The quantitative estimate of drug-likeness (QED) is 0.103. The van der Waals surface area contributed by atoms with Crippen molar-refractivity contribution in [3.05, 3.63) is 95.3 Å². The van der Waals surface area contributed by atoms with Crippen LogP contribution in [0, 0.1) is 11.3 Å². The van der Waals surface area contributed by atoms with Crippen LogP contribution in [0.2, 0.25) is 0 Å². The number of aliphatic hydroxyl groups excluding tert-OH is 2. The normalized spacial score (nSPS) is 16.2. The molecule has 4 rings (SSSR count). The number of ether oxygens (including phenoxy) is 2. The summed E-state index contributed by atoms with van der Waals surface area (Å²) in [5.41, 5.74) is 5.30. The van der Waals surface area contributed by atoms with Crippen LogP contribution < -0.4 is 20.8 Å². The lowest BCUT2D eigenvalue weighted by Gasteiger charge is -2.36. The Morgan fingerprint density at radius 1 is 0.915 bits per heavy atom. The lowest BCUT2D eigenvalue weighted by atomic mass is 9.86. The Hall–Kier alpha value is -5.25. The summed E-state index contributed by atoms with van der Waals surface area (Å²) < 4.78 is 10.1. The summed E-state index contributed by atoms with van der Waals surface area (Å²) in [7, 11) is 2.79. The zero-order valence-corrected chi connectivity index (χ0v) is 35.7. The molecule has 5 amide bonds. The molecule has 15 nitrogen and oxygen atoms in total. The van der Waals surface area contributed by atoms with Gasteiger partial charge in [0.1, 0.15) is 17.8 Å². The molecule has 1 aromatic heterocycles. The molecule has 322 valence electrons. The average Bonchev–Trinajstić information content (AvgIpc) is 3.57. The number of carbonyl (C=O) groups is 4. The Kier molecular flexibility index (Phi) is 17.1. The van der Waals surface area contributed by atoms with Gasteiger partial charge in [0.15, 0.2) is 0 Å². The van der Waals surface area contributed by atoms with E-state index in [1.165, 1.54) is 7.11 Å². The number of aliphatic hydroxyl groups is 2. The molecule has 2 aromatic carbocycles. The number of rotatable bonds is 20. The minimum Gasteiger partial charge on any atom is -0.497 e. The zero-order valence-electron chi connectivity index (χ0n) is 35.7. The van der Waals surface area contributed by atoms with Gasteiger partial charge in [-0.15, -0.1) is 0 Å². The number of hydrogen-bond donors (Lipinski definition) is 5. The zero-order chi connectivity index (χ0) is 43.3. The van der Waals surface area contributed by atoms with Crippen LogP contribution in [0.5, 0.6) is 5.75 Å². The third kappa shape index (κ3) is 13.1. The summed E-state index contributed by atoms with van der Waals surface area (Å²) >= 11 is 0. The number of nitrogens with one attached hydrogen (secondary N) is 3. The molecule has 1 saturated heterocycles. The van der Waals surface area contributed by atoms with E-state index in [2.05, 4.69) is 21.0 Å². The number of pyridine rings is 1. The third-order valence-corrected chi connectivity index (χ3v) is 10.7. The van der Waals surface area contributed by atoms with Crippen molar-refractivity contribution in [1.29, 1.82) is 0 Å². The summed E-state index contributed by atoms with van der Waals surface area (Å²) in [6.45, 7) is 12.2. The maximum absolute atomic E-state index is 14.5. The summed E-state index contributed by atoms with van der Waals surface area (Å²) in [6.07, 6.45) is -1.11. The van der Waals surface area contributed by atoms with Crippen molar-refractivity contribution in [3.8, 4) is 5.75 Å². The molecule has 2 heterocycles. The van der Waals surface area contributed by atoms with Gasteiger partial charge in [0.2, 0.25) is 5.91 Å². The number of benzene rings is 2. The predicted octanol–water partition coefficient (Wildman–Crippen LogP) is 4.23. The van der Waals surface area contributed by atoms with Crippen molar-refractivity contribution in [2.45, 2.75) is 97.6 Å². The molecule has 3 aromatic rings. The maximum atomic E-state index is 14.5. The summed E-state index contributed by atoms with van der Waals surface area (Å²) in [4.78, 5) is 62.7. The number of alkyl carbamates (subject to hydrolysis) is 1. The highest BCUT2D eigenvalue weighted by Gasteiger charge is 2.41. The molecular weight excluding hydrogens is 755 g/mol. The molecule has 15 heteroatoms. The second-order valence-corrected chi connectivity index (χ2v) is 16.4. The standard InChI is InChI=1S/C44H63N7O8/c1-9-29(2)38(51-23-22-49(43(51)57)26-33-16-13-17-35(45-33)30(3)28-52)40(54)46-36(24-31-14-11-10-12-15-31)37(53)27-50(25-32-18-20-34(58-7)21-19-32)48-41(55)39(44(4,5)6)47-42(56)59-8/h10-21,29-30,36-39,52-53H,9,22-28H2,1-8H3,(H,46,54)(H,47,56)(H,48,55). The molecule has 1 aliphatic heterocycles. The third-order valence-electron chi connectivity index (χ3n) is 10.7. The Morgan fingerprint density at radius 3 is 2.22 bits per heavy atom. The number of hydrogen-bond acceptors (Lipinski definition) is 10. The van der Waals surface area contributed by atoms with Crippen LogP contribution in [-0.2, 0) is 33.8 Å². The predicted molar refractivity (Wildman–Crippen MR) is 224 cm³/mol. The molecule has 0 saturated carbocycles. The average molecular weight is 818 g/mol. The van der Waals surface area contributed by atoms with E-state index in [0.717, 1.165) is 16.8 Å². The van der Waals surface area contributed by atoms with E-state index < -0.39 is 47.6 Å². The number of urea groups is 1. The van der Waals surface area contributed by atoms with Gasteiger partial charge in [-0.3, -0.25) is 20.0 Å². The highest BCUT2D eigenvalue weighted by molar-refractivity contribution is 5.88. The molecule has 1 fully saturated rings. The van der Waals surface area contributed by atoms with Crippen LogP contribution in [0.3, 0.4) is 0 Å². The van der Waals surface area contributed by atoms with Crippen LogP contribution in [0.1, 0.15) is 76.4 Å². The van der Waals surface area contributed by atoms with Crippen molar-refractivity contribution in [1.82, 2.24) is 35.9 Å². The summed E-state index contributed by atoms with van der Waals surface area (Å²) in [5, 5.41) is 29.0. The van der Waals surface area contributed by atoms with E-state index >= 15 is 0 Å². The minimum atomic E-state index is -1.22. The van der Waals surface area contributed by atoms with Gasteiger partial charge in [-0.25, -0.2) is 14.6 Å². The second-order valence-electron chi connectivity index (χ2n) is 16.4. The molecule has 6 atom stereocenters. The molecule has 0 aliphatic carbocycles. The number of methoxy groups -OCH3 is 2. The van der Waals surface area contributed by atoms with Crippen molar-refractivity contribution >= 4 is 23.9 Å². The van der Waals surface area contributed by atoms with E-state index in [4.69, 9.17) is 9.47 Å². The first-order valence-corrected chi connectivity index (χ1v) is 20.3. The first-order valence-electron chi connectivity index (χ1n) is 20.3. The van der Waals surface area contributed by atoms with Crippen molar-refractivity contribution in [2.24, 2.45) is 11.3 Å². The van der Waals surface area contributed by atoms with Crippen LogP contribution in [0.25, 0.3) is 0 Å². The largest absolute Gasteiger partial charge is 0.497 e. The van der Waals surface area contributed by atoms with Crippen LogP contribution in [0.4, 0.5) is 9.59 Å². The maximum Gasteiger partial charge on any atom is 0.407 e. The number of nitrogens with zero attached hydrogens (tertiary/aromatic N) is 4. The fourth-order valence-corrected chi connectivity index (χ4v) is 7.03. The Balaban J connectivity index is 1.61. The lowest BCUT2D eigenvalue weighted by Crippen LogP contribution is -2.60. The fourth-order valence-electron chi connectivity index (χ4n) is 7.03. The first-order chi connectivity index (χ1) is 28.1. The Labute approximate surface area is 348 Å². The van der Waals surface area contributed by atoms with Gasteiger partial charge in [-0.05, 0) is 53.1 Å². The van der Waals surface area contributed by atoms with Gasteiger partial charge in [-0.1, -0.05) is 96.5 Å². The van der Waals surface area contributed by atoms with Crippen molar-refractivity contribution < 1.29 is 38.9 Å². The van der Waals surface area contributed by atoms with Gasteiger partial charge in [-0.2, -0.15) is 0 Å².